The minimum Gasteiger partial charge on any atom is -0.392 e. The second-order valence-electron chi connectivity index (χ2n) is 4.76. The highest BCUT2D eigenvalue weighted by atomic mass is 16.3. The number of benzene rings is 1. The molecule has 2 aliphatic carbocycles. The van der Waals surface area contributed by atoms with Crippen LogP contribution >= 0.6 is 0 Å². The maximum Gasteiger partial charge on any atom is 0.0639 e. The molecule has 0 spiro atoms. The van der Waals surface area contributed by atoms with Crippen molar-refractivity contribution in [2.75, 3.05) is 0 Å². The van der Waals surface area contributed by atoms with Crippen LogP contribution in [0.2, 0.25) is 0 Å². The fourth-order valence-corrected chi connectivity index (χ4v) is 3.41. The van der Waals surface area contributed by atoms with E-state index in [0.29, 0.717) is 11.8 Å². The summed E-state index contributed by atoms with van der Waals surface area (Å²) in [7, 11) is 0. The van der Waals surface area contributed by atoms with Gasteiger partial charge in [-0.25, -0.2) is 0 Å². The van der Waals surface area contributed by atoms with Gasteiger partial charge in [-0.15, -0.1) is 0 Å². The predicted octanol–water partition coefficient (Wildman–Crippen LogP) is 2.56. The standard InChI is InChI=1S/C13H16O/c14-13-11-7-6-10(8-11)12(13)9-4-2-1-3-5-9/h1-5,10-14H,6-8H2/t10-,11-,12+,13+/m0/s1. The summed E-state index contributed by atoms with van der Waals surface area (Å²) in [5, 5.41) is 10.1. The second kappa shape index (κ2) is 3.09. The Morgan fingerprint density at radius 3 is 2.36 bits per heavy atom. The molecule has 1 nitrogen and oxygen atoms in total. The van der Waals surface area contributed by atoms with Crippen molar-refractivity contribution in [2.45, 2.75) is 31.3 Å². The van der Waals surface area contributed by atoms with Crippen LogP contribution in [0.5, 0.6) is 0 Å². The predicted molar refractivity (Wildman–Crippen MR) is 56.0 cm³/mol. The molecule has 1 N–H and O–H groups in total. The number of aliphatic hydroxyl groups excluding tert-OH is 1. The van der Waals surface area contributed by atoms with Crippen LogP contribution in [0.4, 0.5) is 0 Å². The smallest absolute Gasteiger partial charge is 0.0639 e. The van der Waals surface area contributed by atoms with Crippen LogP contribution in [0.25, 0.3) is 0 Å². The highest BCUT2D eigenvalue weighted by Crippen LogP contribution is 2.52. The largest absolute Gasteiger partial charge is 0.392 e. The summed E-state index contributed by atoms with van der Waals surface area (Å²) >= 11 is 0. The molecule has 0 saturated heterocycles. The van der Waals surface area contributed by atoms with Crippen molar-refractivity contribution in [3.63, 3.8) is 0 Å². The number of aliphatic hydroxyl groups is 1. The number of hydrogen-bond donors (Lipinski definition) is 1. The lowest BCUT2D eigenvalue weighted by molar-refractivity contribution is 0.0923. The minimum absolute atomic E-state index is 0.0730. The molecule has 0 aromatic heterocycles. The molecule has 2 aliphatic rings. The first-order valence-corrected chi connectivity index (χ1v) is 5.59. The molecular formula is C13H16O. The third-order valence-electron chi connectivity index (χ3n) is 4.06. The van der Waals surface area contributed by atoms with Gasteiger partial charge in [-0.1, -0.05) is 30.3 Å². The molecule has 2 bridgehead atoms. The van der Waals surface area contributed by atoms with Crippen molar-refractivity contribution in [1.82, 2.24) is 0 Å². The van der Waals surface area contributed by atoms with Crippen LogP contribution in [-0.4, -0.2) is 11.2 Å². The highest BCUT2D eigenvalue weighted by molar-refractivity contribution is 5.25. The van der Waals surface area contributed by atoms with E-state index in [0.717, 1.165) is 5.92 Å². The molecule has 0 amide bonds. The maximum absolute atomic E-state index is 10.1. The molecule has 1 heteroatoms. The summed E-state index contributed by atoms with van der Waals surface area (Å²) in [5.41, 5.74) is 1.34. The summed E-state index contributed by atoms with van der Waals surface area (Å²) in [5.74, 6) is 1.76. The van der Waals surface area contributed by atoms with Crippen molar-refractivity contribution < 1.29 is 5.11 Å². The third-order valence-corrected chi connectivity index (χ3v) is 4.06. The summed E-state index contributed by atoms with van der Waals surface area (Å²) < 4.78 is 0. The van der Waals surface area contributed by atoms with E-state index in [4.69, 9.17) is 0 Å². The summed E-state index contributed by atoms with van der Waals surface area (Å²) in [4.78, 5) is 0. The van der Waals surface area contributed by atoms with E-state index in [1.54, 1.807) is 0 Å². The molecule has 74 valence electrons. The van der Waals surface area contributed by atoms with Crippen molar-refractivity contribution in [3.05, 3.63) is 35.9 Å². The third kappa shape index (κ3) is 1.12. The van der Waals surface area contributed by atoms with Crippen LogP contribution < -0.4 is 0 Å². The Balaban J connectivity index is 1.93. The fourth-order valence-electron chi connectivity index (χ4n) is 3.41. The highest BCUT2D eigenvalue weighted by Gasteiger charge is 2.47. The van der Waals surface area contributed by atoms with E-state index in [9.17, 15) is 5.11 Å². The molecule has 0 aliphatic heterocycles. The quantitative estimate of drug-likeness (QED) is 0.718. The van der Waals surface area contributed by atoms with E-state index in [2.05, 4.69) is 24.3 Å². The van der Waals surface area contributed by atoms with E-state index in [1.807, 2.05) is 6.07 Å². The average Bonchev–Trinajstić information content (AvgIpc) is 2.79. The number of hydrogen-bond acceptors (Lipinski definition) is 1. The van der Waals surface area contributed by atoms with Crippen molar-refractivity contribution in [1.29, 1.82) is 0 Å². The van der Waals surface area contributed by atoms with Crippen LogP contribution in [0, 0.1) is 11.8 Å². The van der Waals surface area contributed by atoms with Gasteiger partial charge in [0.15, 0.2) is 0 Å². The Bertz CT molecular complexity index is 317. The molecule has 4 atom stereocenters. The van der Waals surface area contributed by atoms with E-state index in [1.165, 1.54) is 24.8 Å². The Morgan fingerprint density at radius 1 is 1.00 bits per heavy atom. The molecule has 0 unspecified atom stereocenters. The van der Waals surface area contributed by atoms with Gasteiger partial charge in [0.2, 0.25) is 0 Å². The lowest BCUT2D eigenvalue weighted by atomic mass is 9.81. The molecule has 2 fully saturated rings. The lowest BCUT2D eigenvalue weighted by Gasteiger charge is -2.27. The first-order chi connectivity index (χ1) is 6.86. The second-order valence-corrected chi connectivity index (χ2v) is 4.76. The number of fused-ring (bicyclic) bond motifs is 2. The zero-order valence-electron chi connectivity index (χ0n) is 8.26. The van der Waals surface area contributed by atoms with Gasteiger partial charge >= 0.3 is 0 Å². The molecule has 0 heterocycles. The van der Waals surface area contributed by atoms with Crippen LogP contribution in [0.1, 0.15) is 30.7 Å². The van der Waals surface area contributed by atoms with Gasteiger partial charge in [-0.05, 0) is 36.7 Å². The van der Waals surface area contributed by atoms with Crippen molar-refractivity contribution in [2.24, 2.45) is 11.8 Å². The molecule has 1 aromatic rings. The van der Waals surface area contributed by atoms with Crippen LogP contribution in [0.3, 0.4) is 0 Å². The van der Waals surface area contributed by atoms with Gasteiger partial charge in [0.1, 0.15) is 0 Å². The van der Waals surface area contributed by atoms with Gasteiger partial charge < -0.3 is 5.11 Å². The SMILES string of the molecule is O[C@@H]1[C@H]2CC[C@@H](C2)[C@H]1c1ccccc1. The Labute approximate surface area is 84.8 Å². The first-order valence-electron chi connectivity index (χ1n) is 5.59. The molecule has 0 radical (unpaired) electrons. The van der Waals surface area contributed by atoms with Gasteiger partial charge in [0.05, 0.1) is 6.10 Å². The molecule has 14 heavy (non-hydrogen) atoms. The van der Waals surface area contributed by atoms with Gasteiger partial charge in [0, 0.05) is 5.92 Å². The Hall–Kier alpha value is -0.820. The Kier molecular flexibility index (Phi) is 1.88. The van der Waals surface area contributed by atoms with Gasteiger partial charge in [-0.3, -0.25) is 0 Å². The average molecular weight is 188 g/mol. The van der Waals surface area contributed by atoms with E-state index in [-0.39, 0.29) is 6.10 Å². The summed E-state index contributed by atoms with van der Waals surface area (Å²) in [6.07, 6.45) is 3.74. The summed E-state index contributed by atoms with van der Waals surface area (Å²) in [6.45, 7) is 0. The first kappa shape index (κ1) is 8.49. The zero-order chi connectivity index (χ0) is 9.54. The lowest BCUT2D eigenvalue weighted by Crippen LogP contribution is -2.25. The molecule has 2 saturated carbocycles. The molecular weight excluding hydrogens is 172 g/mol. The normalized spacial score (nSPS) is 40.4. The zero-order valence-corrected chi connectivity index (χ0v) is 8.26. The van der Waals surface area contributed by atoms with Crippen LogP contribution in [-0.2, 0) is 0 Å². The topological polar surface area (TPSA) is 20.2 Å². The van der Waals surface area contributed by atoms with Crippen LogP contribution in [0.15, 0.2) is 30.3 Å². The van der Waals surface area contributed by atoms with E-state index < -0.39 is 0 Å². The van der Waals surface area contributed by atoms with Crippen molar-refractivity contribution in [3.8, 4) is 0 Å². The molecule has 3 rings (SSSR count). The molecule has 1 aromatic carbocycles. The van der Waals surface area contributed by atoms with Gasteiger partial charge in [0.25, 0.3) is 0 Å². The summed E-state index contributed by atoms with van der Waals surface area (Å²) in [6, 6.07) is 10.5. The fraction of sp³-hybridized carbons (Fsp3) is 0.538. The van der Waals surface area contributed by atoms with Gasteiger partial charge in [-0.2, -0.15) is 0 Å². The maximum atomic E-state index is 10.1. The van der Waals surface area contributed by atoms with Crippen molar-refractivity contribution >= 4 is 0 Å². The Morgan fingerprint density at radius 2 is 1.71 bits per heavy atom. The van der Waals surface area contributed by atoms with E-state index >= 15 is 0 Å². The minimum atomic E-state index is -0.0730. The number of rotatable bonds is 1. The monoisotopic (exact) mass is 188 g/mol.